The van der Waals surface area contributed by atoms with Gasteiger partial charge in [0.05, 0.1) is 21.8 Å². The molecule has 2 heterocycles. The highest BCUT2D eigenvalue weighted by Gasteiger charge is 2.36. The van der Waals surface area contributed by atoms with Gasteiger partial charge in [-0.1, -0.05) is 0 Å². The maximum atomic E-state index is 12.4. The van der Waals surface area contributed by atoms with Crippen molar-refractivity contribution in [1.82, 2.24) is 10.3 Å². The van der Waals surface area contributed by atoms with Gasteiger partial charge in [0.1, 0.15) is 0 Å². The fourth-order valence-corrected chi connectivity index (χ4v) is 3.35. The van der Waals surface area contributed by atoms with E-state index in [2.05, 4.69) is 16.4 Å². The third-order valence-corrected chi connectivity index (χ3v) is 4.64. The summed E-state index contributed by atoms with van der Waals surface area (Å²) in [6.45, 7) is 0.813. The fourth-order valence-electron chi connectivity index (χ4n) is 2.64. The zero-order valence-corrected chi connectivity index (χ0v) is 11.3. The molecule has 1 saturated carbocycles. The Morgan fingerprint density at radius 3 is 3.05 bits per heavy atom. The third-order valence-electron chi connectivity index (χ3n) is 3.85. The summed E-state index contributed by atoms with van der Waals surface area (Å²) in [6.07, 6.45) is 3.35. The molecule has 1 unspecified atom stereocenters. The van der Waals surface area contributed by atoms with Crippen LogP contribution in [0, 0.1) is 0 Å². The number of nitrogens with zero attached hydrogens (tertiary/aromatic N) is 2. The topological polar surface area (TPSA) is 45.2 Å². The van der Waals surface area contributed by atoms with Crippen LogP contribution >= 0.6 is 11.3 Å². The number of hydrogen-bond donors (Lipinski definition) is 1. The van der Waals surface area contributed by atoms with Gasteiger partial charge in [-0.3, -0.25) is 4.79 Å². The minimum atomic E-state index is 0.0182. The zero-order chi connectivity index (χ0) is 12.8. The lowest BCUT2D eigenvalue weighted by atomic mass is 10.2. The van der Waals surface area contributed by atoms with Crippen molar-refractivity contribution in [2.75, 3.05) is 11.4 Å². The molecular weight excluding hydrogens is 258 g/mol. The number of carbonyl (C=O) groups is 1. The first kappa shape index (κ1) is 11.4. The Balaban J connectivity index is 1.59. The van der Waals surface area contributed by atoms with E-state index in [9.17, 15) is 4.79 Å². The van der Waals surface area contributed by atoms with Crippen LogP contribution in [0.25, 0.3) is 10.2 Å². The number of anilines is 1. The minimum absolute atomic E-state index is 0.0182. The number of nitrogens with one attached hydrogen (secondary N) is 1. The van der Waals surface area contributed by atoms with E-state index >= 15 is 0 Å². The van der Waals surface area contributed by atoms with Crippen molar-refractivity contribution in [1.29, 1.82) is 0 Å². The lowest BCUT2D eigenvalue weighted by Gasteiger charge is -2.17. The third kappa shape index (κ3) is 2.03. The molecule has 0 radical (unpaired) electrons. The summed E-state index contributed by atoms with van der Waals surface area (Å²) >= 11 is 1.62. The fraction of sp³-hybridized carbons (Fsp3) is 0.429. The molecule has 0 spiro atoms. The highest BCUT2D eigenvalue weighted by atomic mass is 32.1. The van der Waals surface area contributed by atoms with E-state index < -0.39 is 0 Å². The molecule has 1 aromatic heterocycles. The summed E-state index contributed by atoms with van der Waals surface area (Å²) in [7, 11) is 0. The largest absolute Gasteiger partial charge is 0.311 e. The predicted molar refractivity (Wildman–Crippen MR) is 76.5 cm³/mol. The van der Waals surface area contributed by atoms with Crippen molar-refractivity contribution in [2.45, 2.75) is 31.3 Å². The normalized spacial score (nSPS) is 23.5. The maximum Gasteiger partial charge on any atom is 0.244 e. The van der Waals surface area contributed by atoms with Crippen LogP contribution in [-0.4, -0.2) is 29.5 Å². The van der Waals surface area contributed by atoms with Crippen LogP contribution < -0.4 is 10.2 Å². The summed E-state index contributed by atoms with van der Waals surface area (Å²) < 4.78 is 1.14. The molecule has 2 aliphatic rings. The van der Waals surface area contributed by atoms with E-state index in [1.54, 1.807) is 11.3 Å². The summed E-state index contributed by atoms with van der Waals surface area (Å²) in [4.78, 5) is 18.6. The Hall–Kier alpha value is -1.46. The first-order valence-electron chi connectivity index (χ1n) is 6.72. The minimum Gasteiger partial charge on any atom is -0.311 e. The molecule has 1 amide bonds. The van der Waals surface area contributed by atoms with Crippen LogP contribution in [0.3, 0.4) is 0 Å². The van der Waals surface area contributed by atoms with E-state index in [4.69, 9.17) is 0 Å². The molecule has 1 N–H and O–H groups in total. The average Bonchev–Trinajstić information content (AvgIpc) is 2.98. The molecule has 19 heavy (non-hydrogen) atoms. The zero-order valence-electron chi connectivity index (χ0n) is 10.5. The number of carbonyl (C=O) groups excluding carboxylic acids is 1. The highest BCUT2D eigenvalue weighted by molar-refractivity contribution is 7.16. The standard InChI is InChI=1S/C14H15N3OS/c18-14-12(16-9-1-2-9)5-6-17(14)10-3-4-11-13(7-10)19-8-15-11/h3-4,7-9,12,16H,1-2,5-6H2. The molecule has 2 aromatic rings. The smallest absolute Gasteiger partial charge is 0.244 e. The molecule has 4 nitrogen and oxygen atoms in total. The maximum absolute atomic E-state index is 12.4. The van der Waals surface area contributed by atoms with Gasteiger partial charge in [-0.25, -0.2) is 4.98 Å². The molecule has 1 aliphatic carbocycles. The lowest BCUT2D eigenvalue weighted by Crippen LogP contribution is -2.39. The van der Waals surface area contributed by atoms with E-state index in [-0.39, 0.29) is 11.9 Å². The van der Waals surface area contributed by atoms with Crippen LogP contribution in [0.15, 0.2) is 23.7 Å². The first-order valence-corrected chi connectivity index (χ1v) is 7.60. The van der Waals surface area contributed by atoms with Crippen LogP contribution in [0.4, 0.5) is 5.69 Å². The van der Waals surface area contributed by atoms with Crippen LogP contribution in [0.5, 0.6) is 0 Å². The van der Waals surface area contributed by atoms with Crippen molar-refractivity contribution in [3.05, 3.63) is 23.7 Å². The molecule has 1 atom stereocenters. The molecule has 5 heteroatoms. The molecule has 4 rings (SSSR count). The van der Waals surface area contributed by atoms with Crippen LogP contribution in [0.2, 0.25) is 0 Å². The summed E-state index contributed by atoms with van der Waals surface area (Å²) in [5.74, 6) is 0.218. The Morgan fingerprint density at radius 2 is 2.21 bits per heavy atom. The van der Waals surface area contributed by atoms with Crippen LogP contribution in [0.1, 0.15) is 19.3 Å². The monoisotopic (exact) mass is 273 g/mol. The molecule has 1 saturated heterocycles. The number of rotatable bonds is 3. The van der Waals surface area contributed by atoms with Gasteiger partial charge in [-0.05, 0) is 37.5 Å². The molecule has 2 fully saturated rings. The van der Waals surface area contributed by atoms with Gasteiger partial charge >= 0.3 is 0 Å². The number of benzene rings is 1. The van der Waals surface area contributed by atoms with Gasteiger partial charge in [-0.15, -0.1) is 11.3 Å². The second kappa shape index (κ2) is 4.28. The first-order chi connectivity index (χ1) is 9.31. The summed E-state index contributed by atoms with van der Waals surface area (Å²) in [6, 6.07) is 6.67. The number of amides is 1. The van der Waals surface area contributed by atoms with Crippen LogP contribution in [-0.2, 0) is 4.79 Å². The van der Waals surface area contributed by atoms with Gasteiger partial charge in [0.25, 0.3) is 0 Å². The SMILES string of the molecule is O=C1C(NC2CC2)CCN1c1ccc2ncsc2c1. The average molecular weight is 273 g/mol. The lowest BCUT2D eigenvalue weighted by molar-refractivity contribution is -0.118. The molecular formula is C14H15N3OS. The van der Waals surface area contributed by atoms with Gasteiger partial charge in [0, 0.05) is 18.3 Å². The highest BCUT2D eigenvalue weighted by Crippen LogP contribution is 2.29. The Kier molecular flexibility index (Phi) is 2.56. The Morgan fingerprint density at radius 1 is 1.32 bits per heavy atom. The Bertz CT molecular complexity index is 634. The van der Waals surface area contributed by atoms with E-state index in [1.807, 2.05) is 22.5 Å². The number of fused-ring (bicyclic) bond motifs is 1. The van der Waals surface area contributed by atoms with Gasteiger partial charge in [0.15, 0.2) is 0 Å². The van der Waals surface area contributed by atoms with E-state index in [0.29, 0.717) is 6.04 Å². The van der Waals surface area contributed by atoms with Crippen molar-refractivity contribution < 1.29 is 4.79 Å². The molecule has 1 aliphatic heterocycles. The number of hydrogen-bond acceptors (Lipinski definition) is 4. The molecule has 0 bridgehead atoms. The second-order valence-corrected chi connectivity index (χ2v) is 6.16. The Labute approximate surface area is 115 Å². The quantitative estimate of drug-likeness (QED) is 0.932. The van der Waals surface area contributed by atoms with Crippen molar-refractivity contribution >= 4 is 33.1 Å². The predicted octanol–water partition coefficient (Wildman–Crippen LogP) is 2.15. The molecule has 1 aromatic carbocycles. The van der Waals surface area contributed by atoms with Crippen molar-refractivity contribution in [3.8, 4) is 0 Å². The summed E-state index contributed by atoms with van der Waals surface area (Å²) in [5.41, 5.74) is 3.85. The second-order valence-electron chi connectivity index (χ2n) is 5.28. The van der Waals surface area contributed by atoms with Gasteiger partial charge in [-0.2, -0.15) is 0 Å². The van der Waals surface area contributed by atoms with Gasteiger partial charge in [0.2, 0.25) is 5.91 Å². The van der Waals surface area contributed by atoms with E-state index in [0.717, 1.165) is 28.9 Å². The number of thiazole rings is 1. The van der Waals surface area contributed by atoms with Gasteiger partial charge < -0.3 is 10.2 Å². The van der Waals surface area contributed by atoms with Crippen molar-refractivity contribution in [3.63, 3.8) is 0 Å². The number of aromatic nitrogens is 1. The summed E-state index contributed by atoms with van der Waals surface area (Å²) in [5, 5.41) is 3.43. The van der Waals surface area contributed by atoms with E-state index in [1.165, 1.54) is 12.8 Å². The van der Waals surface area contributed by atoms with Crippen molar-refractivity contribution in [2.24, 2.45) is 0 Å². The molecule has 98 valence electrons.